The van der Waals surface area contributed by atoms with E-state index in [1.54, 1.807) is 4.57 Å². The third-order valence-corrected chi connectivity index (χ3v) is 8.61. The minimum Gasteiger partial charge on any atom is -0.443 e. The molecule has 0 bridgehead atoms. The average Bonchev–Trinajstić information content (AvgIpc) is 3.23. The van der Waals surface area contributed by atoms with Crippen molar-refractivity contribution in [2.24, 2.45) is 5.41 Å². The van der Waals surface area contributed by atoms with Gasteiger partial charge < -0.3 is 14.4 Å². The van der Waals surface area contributed by atoms with Gasteiger partial charge >= 0.3 is 6.09 Å². The molecule has 200 valence electrons. The van der Waals surface area contributed by atoms with Gasteiger partial charge in [0.05, 0.1) is 11.2 Å². The first-order valence-electron chi connectivity index (χ1n) is 14.0. The minimum atomic E-state index is -0.580. The monoisotopic (exact) mass is 514 g/mol. The van der Waals surface area contributed by atoms with Gasteiger partial charge in [-0.3, -0.25) is 4.79 Å². The number of aryl methyl sites for hydroxylation is 1. The van der Waals surface area contributed by atoms with Crippen LogP contribution in [0, 0.1) is 12.3 Å². The van der Waals surface area contributed by atoms with Crippen molar-refractivity contribution >= 4 is 22.9 Å². The van der Waals surface area contributed by atoms with Crippen LogP contribution >= 0.6 is 0 Å². The van der Waals surface area contributed by atoms with E-state index in [-0.39, 0.29) is 18.1 Å². The number of fused-ring (bicyclic) bond motifs is 1. The highest BCUT2D eigenvalue weighted by atomic mass is 16.6. The quantitative estimate of drug-likeness (QED) is 0.391. The highest BCUT2D eigenvalue weighted by Crippen LogP contribution is 2.65. The van der Waals surface area contributed by atoms with Crippen LogP contribution in [-0.4, -0.2) is 52.9 Å². The summed E-state index contributed by atoms with van der Waals surface area (Å²) in [4.78, 5) is 28.1. The van der Waals surface area contributed by atoms with Crippen LogP contribution in [0.5, 0.6) is 0 Å². The number of ether oxygens (including phenoxy) is 2. The zero-order valence-electron chi connectivity index (χ0n) is 23.0. The lowest BCUT2D eigenvalue weighted by atomic mass is 9.88. The number of likely N-dealkylation sites (tertiary alicyclic amines) is 1. The van der Waals surface area contributed by atoms with Crippen LogP contribution in [0.1, 0.15) is 69.9 Å². The van der Waals surface area contributed by atoms with Crippen LogP contribution in [0.2, 0.25) is 0 Å². The van der Waals surface area contributed by atoms with Crippen molar-refractivity contribution in [3.05, 3.63) is 59.7 Å². The molecule has 2 saturated heterocycles. The van der Waals surface area contributed by atoms with Crippen molar-refractivity contribution in [2.75, 3.05) is 19.7 Å². The first kappa shape index (κ1) is 25.2. The number of amides is 1. The van der Waals surface area contributed by atoms with Gasteiger partial charge in [-0.15, -0.1) is 0 Å². The van der Waals surface area contributed by atoms with Crippen LogP contribution in [0.25, 0.3) is 22.2 Å². The summed E-state index contributed by atoms with van der Waals surface area (Å²) < 4.78 is 13.1. The highest BCUT2D eigenvalue weighted by molar-refractivity contribution is 5.96. The lowest BCUT2D eigenvalue weighted by Gasteiger charge is -2.34. The molecule has 3 heterocycles. The van der Waals surface area contributed by atoms with Gasteiger partial charge in [0, 0.05) is 25.1 Å². The number of benzene rings is 2. The average molecular weight is 515 g/mol. The Labute approximate surface area is 224 Å². The van der Waals surface area contributed by atoms with Crippen molar-refractivity contribution in [2.45, 2.75) is 77.4 Å². The standard InChI is InChI=1S/C32H38N2O4/c1-21-7-8-24-19-27(34(26(24)18-21)30(36)38-31(2,3)4)23-11-9-22(10-12-23)25-20-32(25)13-15-33(16-14-32)29(35)28-6-5-17-37-28/h7-12,18-19,25,28H,5-6,13-17,20H2,1-4H3. The molecule has 0 radical (unpaired) electrons. The number of aromatic nitrogens is 1. The number of carbonyl (C=O) groups is 2. The third kappa shape index (κ3) is 4.64. The van der Waals surface area contributed by atoms with Gasteiger partial charge in [0.15, 0.2) is 0 Å². The molecule has 3 aromatic rings. The first-order chi connectivity index (χ1) is 18.1. The highest BCUT2D eigenvalue weighted by Gasteiger charge is 2.55. The van der Waals surface area contributed by atoms with E-state index in [0.717, 1.165) is 66.5 Å². The molecule has 6 rings (SSSR count). The molecule has 2 atom stereocenters. The summed E-state index contributed by atoms with van der Waals surface area (Å²) >= 11 is 0. The van der Waals surface area contributed by atoms with Crippen LogP contribution in [0.4, 0.5) is 4.79 Å². The fraction of sp³-hybridized carbons (Fsp3) is 0.500. The molecule has 6 heteroatoms. The van der Waals surface area contributed by atoms with E-state index in [1.807, 2.05) is 38.7 Å². The number of piperidine rings is 1. The maximum Gasteiger partial charge on any atom is 0.419 e. The Morgan fingerprint density at radius 2 is 1.76 bits per heavy atom. The Morgan fingerprint density at radius 1 is 1.03 bits per heavy atom. The topological polar surface area (TPSA) is 60.8 Å². The van der Waals surface area contributed by atoms with E-state index in [1.165, 1.54) is 12.0 Å². The number of nitrogens with zero attached hydrogens (tertiary/aromatic N) is 2. The van der Waals surface area contributed by atoms with Gasteiger partial charge in [0.1, 0.15) is 11.7 Å². The SMILES string of the molecule is Cc1ccc2cc(-c3ccc(C4CC45CCN(C(=O)C4CCCO4)CC5)cc3)n(C(=O)OC(C)(C)C)c2c1. The second-order valence-electron chi connectivity index (χ2n) is 12.5. The Kier molecular flexibility index (Phi) is 6.14. The molecule has 1 saturated carbocycles. The molecule has 2 aliphatic heterocycles. The van der Waals surface area contributed by atoms with E-state index in [4.69, 9.17) is 9.47 Å². The second-order valence-corrected chi connectivity index (χ2v) is 12.5. The van der Waals surface area contributed by atoms with Gasteiger partial charge in [-0.1, -0.05) is 36.4 Å². The largest absolute Gasteiger partial charge is 0.443 e. The van der Waals surface area contributed by atoms with Gasteiger partial charge in [0.2, 0.25) is 0 Å². The van der Waals surface area contributed by atoms with E-state index < -0.39 is 5.60 Å². The summed E-state index contributed by atoms with van der Waals surface area (Å²) in [5.74, 6) is 0.727. The van der Waals surface area contributed by atoms with Crippen molar-refractivity contribution in [1.29, 1.82) is 0 Å². The molecule has 6 nitrogen and oxygen atoms in total. The molecule has 1 amide bonds. The third-order valence-electron chi connectivity index (χ3n) is 8.61. The summed E-state index contributed by atoms with van der Waals surface area (Å²) in [6, 6.07) is 17.0. The zero-order valence-corrected chi connectivity index (χ0v) is 23.0. The maximum atomic E-state index is 13.3. The van der Waals surface area contributed by atoms with Crippen molar-refractivity contribution in [3.8, 4) is 11.3 Å². The van der Waals surface area contributed by atoms with Gasteiger partial charge in [0.25, 0.3) is 5.91 Å². The van der Waals surface area contributed by atoms with E-state index in [0.29, 0.717) is 17.9 Å². The van der Waals surface area contributed by atoms with Crippen molar-refractivity contribution < 1.29 is 19.1 Å². The van der Waals surface area contributed by atoms with Crippen LogP contribution in [-0.2, 0) is 14.3 Å². The summed E-state index contributed by atoms with van der Waals surface area (Å²) in [7, 11) is 0. The molecule has 1 spiro atoms. The summed E-state index contributed by atoms with van der Waals surface area (Å²) in [5, 5.41) is 1.02. The fourth-order valence-corrected chi connectivity index (χ4v) is 6.43. The first-order valence-corrected chi connectivity index (χ1v) is 14.0. The number of hydrogen-bond acceptors (Lipinski definition) is 4. The molecule has 0 N–H and O–H groups in total. The van der Waals surface area contributed by atoms with Gasteiger partial charge in [-0.25, -0.2) is 9.36 Å². The number of carbonyl (C=O) groups excluding carboxylic acids is 2. The Morgan fingerprint density at radius 3 is 2.42 bits per heavy atom. The number of hydrogen-bond donors (Lipinski definition) is 0. The van der Waals surface area contributed by atoms with Crippen LogP contribution in [0.15, 0.2) is 48.5 Å². The minimum absolute atomic E-state index is 0.189. The smallest absolute Gasteiger partial charge is 0.419 e. The molecule has 1 aliphatic carbocycles. The Balaban J connectivity index is 1.20. The predicted molar refractivity (Wildman–Crippen MR) is 148 cm³/mol. The lowest BCUT2D eigenvalue weighted by molar-refractivity contribution is -0.142. The normalized spacial score (nSPS) is 22.7. The number of rotatable bonds is 3. The zero-order chi connectivity index (χ0) is 26.7. The summed E-state index contributed by atoms with van der Waals surface area (Å²) in [6.45, 7) is 10.1. The Bertz CT molecular complexity index is 1370. The fourth-order valence-electron chi connectivity index (χ4n) is 6.43. The molecule has 2 unspecified atom stereocenters. The molecule has 3 aliphatic rings. The predicted octanol–water partition coefficient (Wildman–Crippen LogP) is 6.68. The van der Waals surface area contributed by atoms with Gasteiger partial charge in [-0.2, -0.15) is 0 Å². The summed E-state index contributed by atoms with van der Waals surface area (Å²) in [6.07, 6.45) is 4.58. The van der Waals surface area contributed by atoms with E-state index in [2.05, 4.69) is 42.5 Å². The molecule has 3 fully saturated rings. The van der Waals surface area contributed by atoms with Crippen molar-refractivity contribution in [3.63, 3.8) is 0 Å². The van der Waals surface area contributed by atoms with Crippen LogP contribution in [0.3, 0.4) is 0 Å². The molecule has 1 aromatic heterocycles. The van der Waals surface area contributed by atoms with Crippen molar-refractivity contribution in [1.82, 2.24) is 9.47 Å². The molecular formula is C32H38N2O4. The van der Waals surface area contributed by atoms with E-state index in [9.17, 15) is 9.59 Å². The molecule has 2 aromatic carbocycles. The van der Waals surface area contributed by atoms with Gasteiger partial charge in [-0.05, 0) is 100.0 Å². The van der Waals surface area contributed by atoms with E-state index >= 15 is 0 Å². The lowest BCUT2D eigenvalue weighted by Crippen LogP contribution is -2.44. The Hall–Kier alpha value is -3.12. The second kappa shape index (κ2) is 9.26. The summed E-state index contributed by atoms with van der Waals surface area (Å²) in [5.41, 5.74) is 4.90. The van der Waals surface area contributed by atoms with Crippen LogP contribution < -0.4 is 0 Å². The molecular weight excluding hydrogens is 476 g/mol. The maximum absolute atomic E-state index is 13.3. The molecule has 38 heavy (non-hydrogen) atoms.